The average Bonchev–Trinajstić information content (AvgIpc) is 2.51. The zero-order valence-corrected chi connectivity index (χ0v) is 12.7. The number of ketones is 1. The van der Waals surface area contributed by atoms with Crippen molar-refractivity contribution in [2.75, 3.05) is 0 Å². The molecule has 21 heavy (non-hydrogen) atoms. The van der Waals surface area contributed by atoms with Crippen LogP contribution >= 0.6 is 0 Å². The summed E-state index contributed by atoms with van der Waals surface area (Å²) in [6.45, 7) is 2.24. The van der Waals surface area contributed by atoms with E-state index in [0.29, 0.717) is 5.78 Å². The lowest BCUT2D eigenvalue weighted by molar-refractivity contribution is -0.125. The van der Waals surface area contributed by atoms with Crippen molar-refractivity contribution in [3.8, 4) is 0 Å². The Morgan fingerprint density at radius 3 is 2.95 bits per heavy atom. The van der Waals surface area contributed by atoms with Crippen molar-refractivity contribution in [1.29, 1.82) is 0 Å². The average molecular weight is 281 g/mol. The first kappa shape index (κ1) is 14.2. The van der Waals surface area contributed by atoms with Crippen LogP contribution in [0.3, 0.4) is 0 Å². The van der Waals surface area contributed by atoms with E-state index in [1.807, 2.05) is 12.3 Å². The molecule has 0 bridgehead atoms. The number of fused-ring (bicyclic) bond motifs is 1. The smallest absolute Gasteiger partial charge is 0.136 e. The summed E-state index contributed by atoms with van der Waals surface area (Å²) >= 11 is 0. The van der Waals surface area contributed by atoms with Gasteiger partial charge < -0.3 is 0 Å². The minimum atomic E-state index is 0.197. The van der Waals surface area contributed by atoms with Crippen molar-refractivity contribution in [2.45, 2.75) is 45.4 Å². The van der Waals surface area contributed by atoms with E-state index in [1.54, 1.807) is 0 Å². The summed E-state index contributed by atoms with van der Waals surface area (Å²) < 4.78 is 0. The number of hydrogen-bond acceptors (Lipinski definition) is 2. The number of carbonyl (C=O) groups is 1. The summed E-state index contributed by atoms with van der Waals surface area (Å²) in [5.41, 5.74) is 2.29. The van der Waals surface area contributed by atoms with Gasteiger partial charge in [-0.05, 0) is 36.8 Å². The molecule has 2 aromatic rings. The first-order valence-electron chi connectivity index (χ1n) is 8.13. The molecular weight excluding hydrogens is 258 g/mol. The van der Waals surface area contributed by atoms with Crippen LogP contribution in [0, 0.1) is 11.8 Å². The molecule has 0 saturated heterocycles. The third-order valence-electron chi connectivity index (χ3n) is 4.75. The van der Waals surface area contributed by atoms with Gasteiger partial charge in [-0.3, -0.25) is 9.78 Å². The van der Waals surface area contributed by atoms with Crippen LogP contribution in [0.5, 0.6) is 0 Å². The number of Topliss-reactive ketones (excluding diaryl/α,β-unsaturated/α-hetero) is 1. The van der Waals surface area contributed by atoms with E-state index >= 15 is 0 Å². The fourth-order valence-electron chi connectivity index (χ4n) is 3.67. The van der Waals surface area contributed by atoms with Crippen molar-refractivity contribution in [3.63, 3.8) is 0 Å². The van der Waals surface area contributed by atoms with Gasteiger partial charge in [0, 0.05) is 23.9 Å². The summed E-state index contributed by atoms with van der Waals surface area (Å²) in [5, 5.41) is 1.17. The van der Waals surface area contributed by atoms with Gasteiger partial charge in [-0.15, -0.1) is 0 Å². The summed E-state index contributed by atoms with van der Waals surface area (Å²) in [6, 6.07) is 10.4. The minimum Gasteiger partial charge on any atom is -0.299 e. The van der Waals surface area contributed by atoms with Gasteiger partial charge in [0.05, 0.1) is 5.52 Å². The summed E-state index contributed by atoms with van der Waals surface area (Å²) in [4.78, 5) is 16.8. The van der Waals surface area contributed by atoms with Gasteiger partial charge in [0.1, 0.15) is 5.78 Å². The van der Waals surface area contributed by atoms with Gasteiger partial charge >= 0.3 is 0 Å². The molecule has 2 nitrogen and oxygen atoms in total. The Hall–Kier alpha value is -1.70. The second kappa shape index (κ2) is 6.38. The van der Waals surface area contributed by atoms with Crippen LogP contribution in [0.15, 0.2) is 36.5 Å². The number of carbonyl (C=O) groups excluding carboxylic acids is 1. The zero-order valence-electron chi connectivity index (χ0n) is 12.7. The number of nitrogens with zero attached hydrogens (tertiary/aromatic N) is 1. The molecule has 2 unspecified atom stereocenters. The van der Waals surface area contributed by atoms with E-state index in [1.165, 1.54) is 23.8 Å². The molecule has 0 amide bonds. The number of benzene rings is 1. The predicted octanol–water partition coefficient (Wildman–Crippen LogP) is 4.56. The fraction of sp³-hybridized carbons (Fsp3) is 0.474. The first-order chi connectivity index (χ1) is 10.3. The number of pyridine rings is 1. The molecule has 110 valence electrons. The molecule has 0 aliphatic heterocycles. The van der Waals surface area contributed by atoms with E-state index < -0.39 is 0 Å². The maximum Gasteiger partial charge on any atom is 0.136 e. The number of para-hydroxylation sites is 1. The lowest BCUT2D eigenvalue weighted by Gasteiger charge is -2.28. The molecule has 0 N–H and O–H groups in total. The molecule has 2 heteroatoms. The molecule has 1 heterocycles. The molecular formula is C19H23NO. The summed E-state index contributed by atoms with van der Waals surface area (Å²) in [5.74, 6) is 1.39. The quantitative estimate of drug-likeness (QED) is 0.822. The molecule has 3 rings (SSSR count). The molecule has 1 aliphatic rings. The molecule has 2 atom stereocenters. The van der Waals surface area contributed by atoms with E-state index in [4.69, 9.17) is 0 Å². The number of aromatic nitrogens is 1. The lowest BCUT2D eigenvalue weighted by Crippen LogP contribution is -2.26. The third-order valence-corrected chi connectivity index (χ3v) is 4.75. The van der Waals surface area contributed by atoms with Gasteiger partial charge in [-0.2, -0.15) is 0 Å². The van der Waals surface area contributed by atoms with Crippen LogP contribution in [0.2, 0.25) is 0 Å². The largest absolute Gasteiger partial charge is 0.299 e. The Morgan fingerprint density at radius 2 is 2.10 bits per heavy atom. The highest BCUT2D eigenvalue weighted by atomic mass is 16.1. The second-order valence-electron chi connectivity index (χ2n) is 6.29. The number of hydrogen-bond donors (Lipinski definition) is 0. The zero-order chi connectivity index (χ0) is 14.7. The number of rotatable bonds is 4. The van der Waals surface area contributed by atoms with E-state index in [-0.39, 0.29) is 5.92 Å². The topological polar surface area (TPSA) is 30.0 Å². The Bertz CT molecular complexity index is 629. The maximum absolute atomic E-state index is 12.3. The van der Waals surface area contributed by atoms with Crippen molar-refractivity contribution in [2.24, 2.45) is 11.8 Å². The molecule has 0 spiro atoms. The first-order valence-corrected chi connectivity index (χ1v) is 8.13. The van der Waals surface area contributed by atoms with Crippen LogP contribution in [-0.4, -0.2) is 10.8 Å². The SMILES string of the molecule is CCCC1CCC(=O)C(Cc2cccc3cccnc23)C1. The van der Waals surface area contributed by atoms with Crippen LogP contribution in [0.4, 0.5) is 0 Å². The van der Waals surface area contributed by atoms with E-state index in [0.717, 1.165) is 37.1 Å². The molecule has 0 radical (unpaired) electrons. The molecule has 1 fully saturated rings. The monoisotopic (exact) mass is 281 g/mol. The molecule has 1 aromatic heterocycles. The van der Waals surface area contributed by atoms with Crippen LogP contribution in [-0.2, 0) is 11.2 Å². The fourth-order valence-corrected chi connectivity index (χ4v) is 3.67. The van der Waals surface area contributed by atoms with Crippen LogP contribution in [0.25, 0.3) is 10.9 Å². The Labute approximate surface area is 126 Å². The Balaban J connectivity index is 1.82. The second-order valence-corrected chi connectivity index (χ2v) is 6.29. The van der Waals surface area contributed by atoms with Crippen LogP contribution < -0.4 is 0 Å². The Kier molecular flexibility index (Phi) is 4.33. The predicted molar refractivity (Wildman–Crippen MR) is 86.2 cm³/mol. The molecule has 1 saturated carbocycles. The van der Waals surface area contributed by atoms with Gasteiger partial charge in [0.15, 0.2) is 0 Å². The summed E-state index contributed by atoms with van der Waals surface area (Å²) in [6.07, 6.45) is 8.11. The lowest BCUT2D eigenvalue weighted by atomic mass is 9.76. The Morgan fingerprint density at radius 1 is 1.24 bits per heavy atom. The van der Waals surface area contributed by atoms with Gasteiger partial charge in [-0.1, -0.05) is 44.0 Å². The molecule has 1 aliphatic carbocycles. The van der Waals surface area contributed by atoms with Crippen molar-refractivity contribution < 1.29 is 4.79 Å². The van der Waals surface area contributed by atoms with Crippen LogP contribution in [0.1, 0.15) is 44.6 Å². The van der Waals surface area contributed by atoms with E-state index in [9.17, 15) is 4.79 Å². The standard InChI is InChI=1S/C19H23NO/c1-2-5-14-9-10-18(21)17(12-14)13-16-7-3-6-15-8-4-11-20-19(15)16/h3-4,6-8,11,14,17H,2,5,9-10,12-13H2,1H3. The normalized spacial score (nSPS) is 22.6. The van der Waals surface area contributed by atoms with Crippen molar-refractivity contribution >= 4 is 16.7 Å². The van der Waals surface area contributed by atoms with Gasteiger partial charge in [0.25, 0.3) is 0 Å². The molecule has 1 aromatic carbocycles. The highest BCUT2D eigenvalue weighted by molar-refractivity contribution is 5.85. The van der Waals surface area contributed by atoms with E-state index in [2.05, 4.69) is 36.2 Å². The van der Waals surface area contributed by atoms with Gasteiger partial charge in [0.2, 0.25) is 0 Å². The maximum atomic E-state index is 12.3. The van der Waals surface area contributed by atoms with Crippen molar-refractivity contribution in [1.82, 2.24) is 4.98 Å². The third kappa shape index (κ3) is 3.15. The highest BCUT2D eigenvalue weighted by Gasteiger charge is 2.28. The van der Waals surface area contributed by atoms with Gasteiger partial charge in [-0.25, -0.2) is 0 Å². The minimum absolute atomic E-state index is 0.197. The van der Waals surface area contributed by atoms with Crippen molar-refractivity contribution in [3.05, 3.63) is 42.1 Å². The highest BCUT2D eigenvalue weighted by Crippen LogP contribution is 2.32. The summed E-state index contributed by atoms with van der Waals surface area (Å²) in [7, 11) is 0.